The Bertz CT molecular complexity index is 434. The van der Waals surface area contributed by atoms with Gasteiger partial charge in [-0.3, -0.25) is 4.79 Å². The first kappa shape index (κ1) is 12.9. The second-order valence-corrected chi connectivity index (χ2v) is 5.31. The third kappa shape index (κ3) is 3.45. The van der Waals surface area contributed by atoms with Crippen LogP contribution in [-0.4, -0.2) is 15.7 Å². The molecule has 0 radical (unpaired) electrons. The molecule has 4 nitrogen and oxygen atoms in total. The SMILES string of the molecule is CC(C)Cn1nccc1NC(=O)CC1C=CCC1. The fraction of sp³-hybridized carbons (Fsp3) is 0.571. The minimum atomic E-state index is 0.0806. The van der Waals surface area contributed by atoms with Crippen molar-refractivity contribution in [1.82, 2.24) is 9.78 Å². The van der Waals surface area contributed by atoms with Gasteiger partial charge in [0.25, 0.3) is 0 Å². The first-order valence-electron chi connectivity index (χ1n) is 6.63. The summed E-state index contributed by atoms with van der Waals surface area (Å²) in [5.74, 6) is 1.80. The van der Waals surface area contributed by atoms with Gasteiger partial charge in [0.15, 0.2) is 0 Å². The van der Waals surface area contributed by atoms with Crippen molar-refractivity contribution in [3.8, 4) is 0 Å². The number of aromatic nitrogens is 2. The van der Waals surface area contributed by atoms with E-state index in [1.807, 2.05) is 10.7 Å². The van der Waals surface area contributed by atoms with Crippen LogP contribution in [0.15, 0.2) is 24.4 Å². The van der Waals surface area contributed by atoms with Crippen LogP contribution in [0.1, 0.15) is 33.1 Å². The summed E-state index contributed by atoms with van der Waals surface area (Å²) in [6.07, 6.45) is 8.80. The second-order valence-electron chi connectivity index (χ2n) is 5.31. The molecule has 0 saturated heterocycles. The number of carbonyl (C=O) groups is 1. The minimum absolute atomic E-state index is 0.0806. The van der Waals surface area contributed by atoms with Crippen LogP contribution in [0.2, 0.25) is 0 Å². The lowest BCUT2D eigenvalue weighted by molar-refractivity contribution is -0.116. The molecule has 0 bridgehead atoms. The third-order valence-electron chi connectivity index (χ3n) is 3.08. The molecule has 1 unspecified atom stereocenters. The van der Waals surface area contributed by atoms with Gasteiger partial charge in [-0.2, -0.15) is 5.10 Å². The van der Waals surface area contributed by atoms with Gasteiger partial charge < -0.3 is 5.32 Å². The maximum Gasteiger partial charge on any atom is 0.226 e. The third-order valence-corrected chi connectivity index (χ3v) is 3.08. The molecular formula is C14H21N3O. The van der Waals surface area contributed by atoms with Crippen LogP contribution in [0.25, 0.3) is 0 Å². The highest BCUT2D eigenvalue weighted by atomic mass is 16.1. The van der Waals surface area contributed by atoms with Crippen molar-refractivity contribution in [2.75, 3.05) is 5.32 Å². The van der Waals surface area contributed by atoms with Gasteiger partial charge in [-0.1, -0.05) is 26.0 Å². The highest BCUT2D eigenvalue weighted by molar-refractivity contribution is 5.90. The summed E-state index contributed by atoms with van der Waals surface area (Å²) in [5, 5.41) is 7.18. The Kier molecular flexibility index (Phi) is 4.18. The molecule has 18 heavy (non-hydrogen) atoms. The van der Waals surface area contributed by atoms with E-state index in [1.165, 1.54) is 0 Å². The molecule has 1 aromatic rings. The van der Waals surface area contributed by atoms with E-state index < -0.39 is 0 Å². The van der Waals surface area contributed by atoms with Gasteiger partial charge >= 0.3 is 0 Å². The lowest BCUT2D eigenvalue weighted by Gasteiger charge is -2.12. The van der Waals surface area contributed by atoms with E-state index in [0.717, 1.165) is 25.2 Å². The molecule has 1 atom stereocenters. The number of carbonyl (C=O) groups excluding carboxylic acids is 1. The summed E-state index contributed by atoms with van der Waals surface area (Å²) >= 11 is 0. The molecule has 0 saturated carbocycles. The second kappa shape index (κ2) is 5.85. The van der Waals surface area contributed by atoms with E-state index in [9.17, 15) is 4.79 Å². The number of anilines is 1. The average Bonchev–Trinajstić information content (AvgIpc) is 2.91. The van der Waals surface area contributed by atoms with Gasteiger partial charge in [0.05, 0.1) is 6.20 Å². The maximum atomic E-state index is 11.9. The van der Waals surface area contributed by atoms with E-state index >= 15 is 0 Å². The quantitative estimate of drug-likeness (QED) is 0.813. The molecule has 0 aromatic carbocycles. The number of allylic oxidation sites excluding steroid dienone is 2. The summed E-state index contributed by atoms with van der Waals surface area (Å²) < 4.78 is 1.85. The zero-order valence-electron chi connectivity index (χ0n) is 11.1. The Morgan fingerprint density at radius 2 is 2.44 bits per heavy atom. The van der Waals surface area contributed by atoms with E-state index in [4.69, 9.17) is 0 Å². The van der Waals surface area contributed by atoms with Crippen molar-refractivity contribution in [1.29, 1.82) is 0 Å². The molecule has 0 aliphatic heterocycles. The summed E-state index contributed by atoms with van der Waals surface area (Å²) in [6, 6.07) is 1.85. The van der Waals surface area contributed by atoms with Crippen LogP contribution in [0, 0.1) is 11.8 Å². The fourth-order valence-corrected chi connectivity index (χ4v) is 2.23. The molecular weight excluding hydrogens is 226 g/mol. The molecule has 2 rings (SSSR count). The van der Waals surface area contributed by atoms with Crippen molar-refractivity contribution in [2.24, 2.45) is 11.8 Å². The monoisotopic (exact) mass is 247 g/mol. The van der Waals surface area contributed by atoms with Gasteiger partial charge in [-0.25, -0.2) is 4.68 Å². The lowest BCUT2D eigenvalue weighted by Crippen LogP contribution is -2.18. The van der Waals surface area contributed by atoms with Crippen LogP contribution in [-0.2, 0) is 11.3 Å². The van der Waals surface area contributed by atoms with Crippen molar-refractivity contribution < 1.29 is 4.79 Å². The first-order chi connectivity index (χ1) is 8.65. The Balaban J connectivity index is 1.90. The largest absolute Gasteiger partial charge is 0.311 e. The van der Waals surface area contributed by atoms with Gasteiger partial charge in [-0.15, -0.1) is 0 Å². The molecule has 1 heterocycles. The smallest absolute Gasteiger partial charge is 0.226 e. The Labute approximate surface area is 108 Å². The first-order valence-corrected chi connectivity index (χ1v) is 6.63. The molecule has 98 valence electrons. The molecule has 0 fully saturated rings. The standard InChI is InChI=1S/C14H21N3O/c1-11(2)10-17-13(7-8-15-17)16-14(18)9-12-5-3-4-6-12/h3,5,7-8,11-12H,4,6,9-10H2,1-2H3,(H,16,18). The Hall–Kier alpha value is -1.58. The zero-order valence-corrected chi connectivity index (χ0v) is 11.1. The summed E-state index contributed by atoms with van der Waals surface area (Å²) in [7, 11) is 0. The predicted octanol–water partition coefficient (Wildman–Crippen LogP) is 2.83. The van der Waals surface area contributed by atoms with Crippen LogP contribution in [0.3, 0.4) is 0 Å². The Morgan fingerprint density at radius 3 is 3.11 bits per heavy atom. The molecule has 1 amide bonds. The van der Waals surface area contributed by atoms with E-state index in [1.54, 1.807) is 6.20 Å². The molecule has 1 aliphatic carbocycles. The molecule has 4 heteroatoms. The number of hydrogen-bond donors (Lipinski definition) is 1. The van der Waals surface area contributed by atoms with Crippen molar-refractivity contribution in [3.63, 3.8) is 0 Å². The van der Waals surface area contributed by atoms with Crippen LogP contribution >= 0.6 is 0 Å². The number of hydrogen-bond acceptors (Lipinski definition) is 2. The van der Waals surface area contributed by atoms with Crippen molar-refractivity contribution in [2.45, 2.75) is 39.7 Å². The highest BCUT2D eigenvalue weighted by Crippen LogP contribution is 2.21. The number of amides is 1. The Morgan fingerprint density at radius 1 is 1.61 bits per heavy atom. The van der Waals surface area contributed by atoms with Crippen LogP contribution in [0.4, 0.5) is 5.82 Å². The van der Waals surface area contributed by atoms with Crippen molar-refractivity contribution >= 4 is 11.7 Å². The van der Waals surface area contributed by atoms with E-state index in [0.29, 0.717) is 18.3 Å². The molecule has 1 N–H and O–H groups in total. The van der Waals surface area contributed by atoms with E-state index in [-0.39, 0.29) is 5.91 Å². The molecule has 1 aromatic heterocycles. The number of rotatable bonds is 5. The zero-order chi connectivity index (χ0) is 13.0. The van der Waals surface area contributed by atoms with Gasteiger partial charge in [0, 0.05) is 19.0 Å². The van der Waals surface area contributed by atoms with Crippen LogP contribution < -0.4 is 5.32 Å². The van der Waals surface area contributed by atoms with Gasteiger partial charge in [0.1, 0.15) is 5.82 Å². The lowest BCUT2D eigenvalue weighted by atomic mass is 10.1. The van der Waals surface area contributed by atoms with Gasteiger partial charge in [-0.05, 0) is 24.7 Å². The normalized spacial score (nSPS) is 18.5. The highest BCUT2D eigenvalue weighted by Gasteiger charge is 2.15. The van der Waals surface area contributed by atoms with Gasteiger partial charge in [0.2, 0.25) is 5.91 Å². The topological polar surface area (TPSA) is 46.9 Å². The minimum Gasteiger partial charge on any atom is -0.311 e. The summed E-state index contributed by atoms with van der Waals surface area (Å²) in [6.45, 7) is 5.10. The average molecular weight is 247 g/mol. The molecule has 0 spiro atoms. The number of nitrogens with one attached hydrogen (secondary N) is 1. The number of nitrogens with zero attached hydrogens (tertiary/aromatic N) is 2. The summed E-state index contributed by atoms with van der Waals surface area (Å²) in [4.78, 5) is 11.9. The predicted molar refractivity (Wildman–Crippen MR) is 72.2 cm³/mol. The molecule has 1 aliphatic rings. The van der Waals surface area contributed by atoms with Crippen LogP contribution in [0.5, 0.6) is 0 Å². The van der Waals surface area contributed by atoms with E-state index in [2.05, 4.69) is 36.4 Å². The fourth-order valence-electron chi connectivity index (χ4n) is 2.23. The maximum absolute atomic E-state index is 11.9. The van der Waals surface area contributed by atoms with Crippen molar-refractivity contribution in [3.05, 3.63) is 24.4 Å². The summed E-state index contributed by atoms with van der Waals surface area (Å²) in [5.41, 5.74) is 0.